The van der Waals surface area contributed by atoms with Crippen LogP contribution in [0.4, 0.5) is 0 Å². The number of benzene rings is 1. The summed E-state index contributed by atoms with van der Waals surface area (Å²) in [5.74, 6) is 0. The second kappa shape index (κ2) is 5.29. The number of hydrogen-bond donors (Lipinski definition) is 1. The van der Waals surface area contributed by atoms with Crippen molar-refractivity contribution in [1.29, 1.82) is 0 Å². The summed E-state index contributed by atoms with van der Waals surface area (Å²) < 4.78 is 0. The fourth-order valence-electron chi connectivity index (χ4n) is 1.87. The highest BCUT2D eigenvalue weighted by Gasteiger charge is 2.24. The maximum Gasteiger partial charge on any atom is 0.0994 e. The monoisotopic (exact) mass is 207 g/mol. The van der Waals surface area contributed by atoms with Gasteiger partial charge in [0.1, 0.15) is 0 Å². The first-order valence-corrected chi connectivity index (χ1v) is 5.52. The van der Waals surface area contributed by atoms with E-state index in [0.29, 0.717) is 6.54 Å². The summed E-state index contributed by atoms with van der Waals surface area (Å²) in [5, 5.41) is 10.3. The highest BCUT2D eigenvalue weighted by atomic mass is 16.3. The minimum Gasteiger partial charge on any atom is -0.384 e. The molecule has 2 heteroatoms. The molecule has 1 N–H and O–H groups in total. The van der Waals surface area contributed by atoms with E-state index in [1.807, 2.05) is 44.3 Å². The molecule has 0 radical (unpaired) electrons. The van der Waals surface area contributed by atoms with Crippen LogP contribution in [0.1, 0.15) is 25.8 Å². The molecule has 1 unspecified atom stereocenters. The summed E-state index contributed by atoms with van der Waals surface area (Å²) in [6.45, 7) is 5.70. The summed E-state index contributed by atoms with van der Waals surface area (Å²) in [4.78, 5) is 2.16. The first kappa shape index (κ1) is 12.2. The molecule has 0 aliphatic rings. The van der Waals surface area contributed by atoms with Crippen molar-refractivity contribution < 1.29 is 5.11 Å². The van der Waals surface area contributed by atoms with Gasteiger partial charge in [-0.3, -0.25) is 0 Å². The van der Waals surface area contributed by atoms with E-state index in [1.54, 1.807) is 0 Å². The van der Waals surface area contributed by atoms with Gasteiger partial charge in [0, 0.05) is 6.54 Å². The van der Waals surface area contributed by atoms with Gasteiger partial charge in [0.2, 0.25) is 0 Å². The number of likely N-dealkylation sites (N-methyl/N-ethyl adjacent to an activating group) is 1. The van der Waals surface area contributed by atoms with Crippen molar-refractivity contribution in [2.24, 2.45) is 0 Å². The average molecular weight is 207 g/mol. The van der Waals surface area contributed by atoms with Gasteiger partial charge in [-0.2, -0.15) is 0 Å². The molecule has 0 saturated heterocycles. The molecule has 0 amide bonds. The van der Waals surface area contributed by atoms with Gasteiger partial charge < -0.3 is 10.0 Å². The molecule has 84 valence electrons. The van der Waals surface area contributed by atoms with Crippen molar-refractivity contribution in [1.82, 2.24) is 4.90 Å². The zero-order valence-corrected chi connectivity index (χ0v) is 9.90. The van der Waals surface area contributed by atoms with E-state index >= 15 is 0 Å². The third-order valence-corrected chi connectivity index (χ3v) is 2.58. The quantitative estimate of drug-likeness (QED) is 0.800. The van der Waals surface area contributed by atoms with Crippen LogP contribution in [-0.4, -0.2) is 30.1 Å². The Hall–Kier alpha value is -0.860. The van der Waals surface area contributed by atoms with E-state index < -0.39 is 5.60 Å². The van der Waals surface area contributed by atoms with Gasteiger partial charge in [-0.25, -0.2) is 0 Å². The molecule has 15 heavy (non-hydrogen) atoms. The molecular formula is C13H21NO. The highest BCUT2D eigenvalue weighted by molar-refractivity contribution is 5.21. The molecule has 0 aliphatic carbocycles. The Morgan fingerprint density at radius 3 is 2.40 bits per heavy atom. The zero-order valence-electron chi connectivity index (χ0n) is 9.90. The minimum atomic E-state index is -0.759. The first-order chi connectivity index (χ1) is 7.06. The van der Waals surface area contributed by atoms with Crippen molar-refractivity contribution in [3.63, 3.8) is 0 Å². The summed E-state index contributed by atoms with van der Waals surface area (Å²) in [7, 11) is 2.04. The Bertz CT molecular complexity index is 282. The number of nitrogens with zero attached hydrogens (tertiary/aromatic N) is 1. The van der Waals surface area contributed by atoms with E-state index in [-0.39, 0.29) is 0 Å². The zero-order chi connectivity index (χ0) is 11.3. The smallest absolute Gasteiger partial charge is 0.0994 e. The van der Waals surface area contributed by atoms with E-state index in [0.717, 1.165) is 18.5 Å². The van der Waals surface area contributed by atoms with Crippen LogP contribution in [0.25, 0.3) is 0 Å². The van der Waals surface area contributed by atoms with Crippen LogP contribution >= 0.6 is 0 Å². The highest BCUT2D eigenvalue weighted by Crippen LogP contribution is 2.20. The lowest BCUT2D eigenvalue weighted by atomic mass is 9.95. The number of aliphatic hydroxyl groups is 1. The van der Waals surface area contributed by atoms with Crippen molar-refractivity contribution in [2.45, 2.75) is 25.9 Å². The van der Waals surface area contributed by atoms with Crippen molar-refractivity contribution in [3.05, 3.63) is 35.9 Å². The SMILES string of the molecule is CCCN(C)CC(C)(O)c1ccccc1. The largest absolute Gasteiger partial charge is 0.384 e. The molecule has 0 aromatic heterocycles. The normalized spacial score (nSPS) is 15.3. The molecule has 1 atom stereocenters. The van der Waals surface area contributed by atoms with E-state index in [1.165, 1.54) is 0 Å². The van der Waals surface area contributed by atoms with Crippen molar-refractivity contribution in [3.8, 4) is 0 Å². The van der Waals surface area contributed by atoms with E-state index in [4.69, 9.17) is 0 Å². The van der Waals surface area contributed by atoms with Gasteiger partial charge in [-0.05, 0) is 32.5 Å². The van der Waals surface area contributed by atoms with Gasteiger partial charge in [-0.1, -0.05) is 37.3 Å². The molecule has 0 fully saturated rings. The lowest BCUT2D eigenvalue weighted by Gasteiger charge is -2.29. The summed E-state index contributed by atoms with van der Waals surface area (Å²) in [6.07, 6.45) is 1.11. The third-order valence-electron chi connectivity index (χ3n) is 2.58. The van der Waals surface area contributed by atoms with Gasteiger partial charge in [0.05, 0.1) is 5.60 Å². The van der Waals surface area contributed by atoms with Crippen LogP contribution < -0.4 is 0 Å². The number of rotatable bonds is 5. The molecule has 2 nitrogen and oxygen atoms in total. The maximum atomic E-state index is 10.3. The Labute approximate surface area is 92.5 Å². The molecule has 0 spiro atoms. The second-order valence-corrected chi connectivity index (χ2v) is 4.38. The average Bonchev–Trinajstić information content (AvgIpc) is 2.18. The molecule has 0 saturated carbocycles. The van der Waals surface area contributed by atoms with Gasteiger partial charge in [-0.15, -0.1) is 0 Å². The fourth-order valence-corrected chi connectivity index (χ4v) is 1.87. The molecular weight excluding hydrogens is 186 g/mol. The van der Waals surface area contributed by atoms with Gasteiger partial charge in [0.25, 0.3) is 0 Å². The maximum absolute atomic E-state index is 10.3. The Morgan fingerprint density at radius 2 is 1.87 bits per heavy atom. The number of hydrogen-bond acceptors (Lipinski definition) is 2. The molecule has 0 bridgehead atoms. The van der Waals surface area contributed by atoms with Crippen LogP contribution in [0.2, 0.25) is 0 Å². The Kier molecular flexibility index (Phi) is 4.30. The van der Waals surface area contributed by atoms with Crippen molar-refractivity contribution in [2.75, 3.05) is 20.1 Å². The van der Waals surface area contributed by atoms with E-state index in [9.17, 15) is 5.11 Å². The molecule has 1 rings (SSSR count). The van der Waals surface area contributed by atoms with Crippen LogP contribution in [0, 0.1) is 0 Å². The lowest BCUT2D eigenvalue weighted by molar-refractivity contribution is 0.0235. The summed E-state index contributed by atoms with van der Waals surface area (Å²) in [6, 6.07) is 9.84. The van der Waals surface area contributed by atoms with Crippen LogP contribution in [0.3, 0.4) is 0 Å². The fraction of sp³-hybridized carbons (Fsp3) is 0.538. The van der Waals surface area contributed by atoms with E-state index in [2.05, 4.69) is 11.8 Å². The molecule has 0 heterocycles. The standard InChI is InChI=1S/C13H21NO/c1-4-10-14(3)11-13(2,15)12-8-6-5-7-9-12/h5-9,15H,4,10-11H2,1-3H3. The van der Waals surface area contributed by atoms with Crippen LogP contribution in [-0.2, 0) is 5.60 Å². The lowest BCUT2D eigenvalue weighted by Crippen LogP contribution is -2.37. The van der Waals surface area contributed by atoms with Crippen molar-refractivity contribution >= 4 is 0 Å². The Morgan fingerprint density at radius 1 is 1.27 bits per heavy atom. The van der Waals surface area contributed by atoms with Crippen LogP contribution in [0.15, 0.2) is 30.3 Å². The summed E-state index contributed by atoms with van der Waals surface area (Å²) in [5.41, 5.74) is 0.221. The summed E-state index contributed by atoms with van der Waals surface area (Å²) >= 11 is 0. The minimum absolute atomic E-state index is 0.671. The third kappa shape index (κ3) is 3.65. The first-order valence-electron chi connectivity index (χ1n) is 5.52. The topological polar surface area (TPSA) is 23.5 Å². The van der Waals surface area contributed by atoms with Gasteiger partial charge in [0.15, 0.2) is 0 Å². The molecule has 1 aromatic carbocycles. The predicted octanol–water partition coefficient (Wildman–Crippen LogP) is 2.24. The van der Waals surface area contributed by atoms with Gasteiger partial charge >= 0.3 is 0 Å². The predicted molar refractivity (Wildman–Crippen MR) is 63.8 cm³/mol. The molecule has 1 aromatic rings. The second-order valence-electron chi connectivity index (χ2n) is 4.38. The Balaban J connectivity index is 2.67. The van der Waals surface area contributed by atoms with Crippen LogP contribution in [0.5, 0.6) is 0 Å². The molecule has 0 aliphatic heterocycles.